The van der Waals surface area contributed by atoms with Gasteiger partial charge in [-0.15, -0.1) is 0 Å². The van der Waals surface area contributed by atoms with Crippen LogP contribution in [0.25, 0.3) is 5.57 Å². The third-order valence-corrected chi connectivity index (χ3v) is 5.66. The van der Waals surface area contributed by atoms with Crippen LogP contribution in [0.3, 0.4) is 0 Å². The summed E-state index contributed by atoms with van der Waals surface area (Å²) in [5.74, 6) is 0.427. The van der Waals surface area contributed by atoms with Gasteiger partial charge in [-0.2, -0.15) is 0 Å². The molecule has 2 aromatic rings. The predicted octanol–water partition coefficient (Wildman–Crippen LogP) is 5.68. The summed E-state index contributed by atoms with van der Waals surface area (Å²) in [5.41, 5.74) is 6.83. The number of fused-ring (bicyclic) bond motifs is 2. The van der Waals surface area contributed by atoms with Crippen molar-refractivity contribution in [2.24, 2.45) is 0 Å². The number of ether oxygens (including phenoxy) is 1. The zero-order valence-corrected chi connectivity index (χ0v) is 15.2. The maximum atomic E-state index is 12.9. The van der Waals surface area contributed by atoms with Crippen LogP contribution < -0.4 is 0 Å². The maximum Gasteiger partial charge on any atom is 0.140 e. The number of ketones is 1. The first-order valence-corrected chi connectivity index (χ1v) is 9.77. The molecule has 2 aliphatic carbocycles. The lowest BCUT2D eigenvalue weighted by molar-refractivity contribution is -0.120. The Kier molecular flexibility index (Phi) is 5.31. The summed E-state index contributed by atoms with van der Waals surface area (Å²) in [7, 11) is 0. The standard InChI is InChI=1S/C24H26O2/c25-24(14-7-15-26-17-18-8-2-1-3-9-18)23-16-19-10-6-13-20(19)21-11-4-5-12-22(21)23/h1-5,8-9,11-12,23H,6-7,10,13-17H2. The molecule has 0 N–H and O–H groups in total. The van der Waals surface area contributed by atoms with Crippen LogP contribution in [0.2, 0.25) is 0 Å². The number of allylic oxidation sites excluding steroid dienone is 2. The van der Waals surface area contributed by atoms with E-state index in [0.717, 1.165) is 12.8 Å². The van der Waals surface area contributed by atoms with Crippen molar-refractivity contribution in [3.8, 4) is 0 Å². The van der Waals surface area contributed by atoms with E-state index in [-0.39, 0.29) is 5.92 Å². The first-order chi connectivity index (χ1) is 12.8. The highest BCUT2D eigenvalue weighted by molar-refractivity contribution is 5.90. The number of rotatable bonds is 7. The Morgan fingerprint density at radius 3 is 2.69 bits per heavy atom. The summed E-state index contributed by atoms with van der Waals surface area (Å²) < 4.78 is 5.73. The van der Waals surface area contributed by atoms with Crippen molar-refractivity contribution >= 4 is 11.4 Å². The summed E-state index contributed by atoms with van der Waals surface area (Å²) in [6, 6.07) is 18.7. The normalized spacial score (nSPS) is 18.5. The molecular formula is C24H26O2. The van der Waals surface area contributed by atoms with Crippen LogP contribution in [-0.4, -0.2) is 12.4 Å². The fourth-order valence-electron chi connectivity index (χ4n) is 4.36. The summed E-state index contributed by atoms with van der Waals surface area (Å²) in [6.45, 7) is 1.26. The van der Waals surface area contributed by atoms with Gasteiger partial charge in [0.15, 0.2) is 0 Å². The van der Waals surface area contributed by atoms with Gasteiger partial charge in [-0.1, -0.05) is 60.2 Å². The first-order valence-electron chi connectivity index (χ1n) is 9.77. The van der Waals surface area contributed by atoms with E-state index in [2.05, 4.69) is 36.4 Å². The van der Waals surface area contributed by atoms with E-state index in [1.807, 2.05) is 18.2 Å². The van der Waals surface area contributed by atoms with E-state index >= 15 is 0 Å². The molecule has 0 aromatic heterocycles. The van der Waals surface area contributed by atoms with Crippen molar-refractivity contribution < 1.29 is 9.53 Å². The minimum absolute atomic E-state index is 0.0529. The fourth-order valence-corrected chi connectivity index (χ4v) is 4.36. The van der Waals surface area contributed by atoms with Crippen molar-refractivity contribution in [1.82, 2.24) is 0 Å². The van der Waals surface area contributed by atoms with Gasteiger partial charge in [0.1, 0.15) is 5.78 Å². The Morgan fingerprint density at radius 2 is 1.81 bits per heavy atom. The number of carbonyl (C=O) groups is 1. The molecule has 1 atom stereocenters. The van der Waals surface area contributed by atoms with Gasteiger partial charge >= 0.3 is 0 Å². The highest BCUT2D eigenvalue weighted by atomic mass is 16.5. The van der Waals surface area contributed by atoms with E-state index in [1.165, 1.54) is 47.1 Å². The summed E-state index contributed by atoms with van der Waals surface area (Å²) in [4.78, 5) is 12.9. The predicted molar refractivity (Wildman–Crippen MR) is 105 cm³/mol. The molecule has 0 fully saturated rings. The van der Waals surface area contributed by atoms with Crippen molar-refractivity contribution in [2.45, 2.75) is 51.0 Å². The zero-order chi connectivity index (χ0) is 17.8. The molecule has 0 spiro atoms. The van der Waals surface area contributed by atoms with Crippen molar-refractivity contribution in [3.63, 3.8) is 0 Å². The molecule has 2 aromatic carbocycles. The maximum absolute atomic E-state index is 12.9. The molecule has 4 rings (SSSR count). The largest absolute Gasteiger partial charge is 0.377 e. The molecule has 1 unspecified atom stereocenters. The first kappa shape index (κ1) is 17.2. The van der Waals surface area contributed by atoms with Crippen LogP contribution in [0.4, 0.5) is 0 Å². The summed E-state index contributed by atoms with van der Waals surface area (Å²) in [5, 5.41) is 0. The molecule has 0 radical (unpaired) electrons. The minimum atomic E-state index is 0.0529. The van der Waals surface area contributed by atoms with Gasteiger partial charge in [-0.05, 0) is 54.4 Å². The lowest BCUT2D eigenvalue weighted by atomic mass is 9.77. The average Bonchev–Trinajstić information content (AvgIpc) is 3.17. The van der Waals surface area contributed by atoms with Crippen molar-refractivity contribution in [2.75, 3.05) is 6.61 Å². The summed E-state index contributed by atoms with van der Waals surface area (Å²) >= 11 is 0. The third-order valence-electron chi connectivity index (χ3n) is 5.66. The molecular weight excluding hydrogens is 320 g/mol. The SMILES string of the molecule is O=C(CCCOCc1ccccc1)C1CC2=C(CCC2)c2ccccc21. The van der Waals surface area contributed by atoms with Gasteiger partial charge in [0, 0.05) is 18.9 Å². The Labute approximate surface area is 155 Å². The Balaban J connectivity index is 1.32. The van der Waals surface area contributed by atoms with Crippen molar-refractivity contribution in [3.05, 3.63) is 76.9 Å². The average molecular weight is 346 g/mol. The molecule has 0 saturated carbocycles. The summed E-state index contributed by atoms with van der Waals surface area (Å²) in [6.07, 6.45) is 5.95. The van der Waals surface area contributed by atoms with Gasteiger partial charge in [0.25, 0.3) is 0 Å². The molecule has 0 bridgehead atoms. The third kappa shape index (κ3) is 3.66. The molecule has 134 valence electrons. The van der Waals surface area contributed by atoms with Gasteiger partial charge < -0.3 is 4.74 Å². The van der Waals surface area contributed by atoms with Gasteiger partial charge in [-0.3, -0.25) is 4.79 Å². The van der Waals surface area contributed by atoms with Gasteiger partial charge in [0.05, 0.1) is 6.61 Å². The zero-order valence-electron chi connectivity index (χ0n) is 15.2. The molecule has 26 heavy (non-hydrogen) atoms. The highest BCUT2D eigenvalue weighted by Gasteiger charge is 2.32. The van der Waals surface area contributed by atoms with Gasteiger partial charge in [-0.25, -0.2) is 0 Å². The molecule has 0 aliphatic heterocycles. The molecule has 0 heterocycles. The van der Waals surface area contributed by atoms with E-state index in [1.54, 1.807) is 0 Å². The van der Waals surface area contributed by atoms with Crippen LogP contribution in [0.5, 0.6) is 0 Å². The Morgan fingerprint density at radius 1 is 1.00 bits per heavy atom. The lowest BCUT2D eigenvalue weighted by Gasteiger charge is -2.26. The van der Waals surface area contributed by atoms with E-state index in [4.69, 9.17) is 4.74 Å². The molecule has 2 aliphatic rings. The van der Waals surface area contributed by atoms with Crippen molar-refractivity contribution in [1.29, 1.82) is 0 Å². The van der Waals surface area contributed by atoms with Gasteiger partial charge in [0.2, 0.25) is 0 Å². The Bertz CT molecular complexity index is 804. The second-order valence-electron chi connectivity index (χ2n) is 7.39. The van der Waals surface area contributed by atoms with E-state index in [9.17, 15) is 4.79 Å². The minimum Gasteiger partial charge on any atom is -0.377 e. The molecule has 0 amide bonds. The fraction of sp³-hybridized carbons (Fsp3) is 0.375. The van der Waals surface area contributed by atoms with Crippen LogP contribution in [0.1, 0.15) is 61.1 Å². The highest BCUT2D eigenvalue weighted by Crippen LogP contribution is 2.46. The molecule has 0 saturated heterocycles. The van der Waals surface area contributed by atoms with Crippen LogP contribution in [0, 0.1) is 0 Å². The topological polar surface area (TPSA) is 26.3 Å². The molecule has 2 nitrogen and oxygen atoms in total. The number of hydrogen-bond donors (Lipinski definition) is 0. The second kappa shape index (κ2) is 8.01. The Hall–Kier alpha value is -2.19. The lowest BCUT2D eigenvalue weighted by Crippen LogP contribution is -2.18. The second-order valence-corrected chi connectivity index (χ2v) is 7.39. The number of Topliss-reactive ketones (excluding diaryl/α,β-unsaturated/α-hetero) is 1. The van der Waals surface area contributed by atoms with Crippen LogP contribution >= 0.6 is 0 Å². The smallest absolute Gasteiger partial charge is 0.140 e. The molecule has 2 heteroatoms. The van der Waals surface area contributed by atoms with E-state index in [0.29, 0.717) is 25.4 Å². The number of benzene rings is 2. The van der Waals surface area contributed by atoms with E-state index < -0.39 is 0 Å². The number of carbonyl (C=O) groups excluding carboxylic acids is 1. The monoisotopic (exact) mass is 346 g/mol. The quantitative estimate of drug-likeness (QED) is 0.603. The van der Waals surface area contributed by atoms with Crippen LogP contribution in [-0.2, 0) is 16.1 Å². The number of hydrogen-bond acceptors (Lipinski definition) is 2. The van der Waals surface area contributed by atoms with Crippen LogP contribution in [0.15, 0.2) is 60.2 Å².